The number of ether oxygens (including phenoxy) is 2. The van der Waals surface area contributed by atoms with Crippen molar-refractivity contribution in [2.45, 2.75) is 51.7 Å². The molecule has 1 aromatic rings. The fraction of sp³-hybridized carbons (Fsp3) is 0.562. The molecule has 4 nitrogen and oxygen atoms in total. The van der Waals surface area contributed by atoms with E-state index in [-0.39, 0.29) is 12.3 Å². The van der Waals surface area contributed by atoms with Crippen molar-refractivity contribution in [3.05, 3.63) is 23.3 Å². The minimum Gasteiger partial charge on any atom is -0.481 e. The molecule has 0 spiro atoms. The molecule has 20 heavy (non-hydrogen) atoms. The van der Waals surface area contributed by atoms with Crippen molar-refractivity contribution in [2.24, 2.45) is 5.92 Å². The van der Waals surface area contributed by atoms with Crippen molar-refractivity contribution in [1.82, 2.24) is 0 Å². The third-order valence-electron chi connectivity index (χ3n) is 4.03. The van der Waals surface area contributed by atoms with Gasteiger partial charge in [0, 0.05) is 13.8 Å². The summed E-state index contributed by atoms with van der Waals surface area (Å²) in [5, 5.41) is 9.13. The highest BCUT2D eigenvalue weighted by Gasteiger charge is 2.37. The summed E-state index contributed by atoms with van der Waals surface area (Å²) >= 11 is 0. The van der Waals surface area contributed by atoms with Crippen LogP contribution in [0.5, 0.6) is 11.5 Å². The van der Waals surface area contributed by atoms with Crippen molar-refractivity contribution in [2.75, 3.05) is 0 Å². The van der Waals surface area contributed by atoms with Crippen molar-refractivity contribution in [3.8, 4) is 11.5 Å². The molecule has 108 valence electrons. The number of carbonyl (C=O) groups is 1. The van der Waals surface area contributed by atoms with E-state index in [1.165, 1.54) is 0 Å². The van der Waals surface area contributed by atoms with E-state index in [1.807, 2.05) is 32.9 Å². The Morgan fingerprint density at radius 3 is 2.50 bits per heavy atom. The Morgan fingerprint density at radius 1 is 1.35 bits per heavy atom. The van der Waals surface area contributed by atoms with Crippen LogP contribution in [-0.4, -0.2) is 16.9 Å². The zero-order valence-electron chi connectivity index (χ0n) is 12.1. The molecule has 1 atom stereocenters. The molecule has 3 rings (SSSR count). The summed E-state index contributed by atoms with van der Waals surface area (Å²) in [6, 6.07) is 3.95. The van der Waals surface area contributed by atoms with Crippen molar-refractivity contribution < 1.29 is 19.4 Å². The van der Waals surface area contributed by atoms with Gasteiger partial charge in [0.2, 0.25) is 5.79 Å². The monoisotopic (exact) mass is 276 g/mol. The average molecular weight is 276 g/mol. The molecule has 0 bridgehead atoms. The van der Waals surface area contributed by atoms with Crippen LogP contribution in [0, 0.1) is 12.8 Å². The SMILES string of the molecule is Cc1cc2c(cc1C(CC(=O)O)C1CC1)OC(C)(C)O2. The maximum absolute atomic E-state index is 11.1. The lowest BCUT2D eigenvalue weighted by Crippen LogP contribution is -2.29. The van der Waals surface area contributed by atoms with Gasteiger partial charge in [-0.15, -0.1) is 0 Å². The molecular weight excluding hydrogens is 256 g/mol. The standard InChI is InChI=1S/C16H20O4/c1-9-6-13-14(20-16(2,3)19-13)7-11(9)12(8-15(17)18)10-4-5-10/h6-7,10,12H,4-5,8H2,1-3H3,(H,17,18). The van der Waals surface area contributed by atoms with E-state index in [4.69, 9.17) is 14.6 Å². The Balaban J connectivity index is 1.96. The number of aryl methyl sites for hydroxylation is 1. The molecule has 1 N–H and O–H groups in total. The first-order valence-electron chi connectivity index (χ1n) is 7.10. The van der Waals surface area contributed by atoms with Crippen LogP contribution in [0.2, 0.25) is 0 Å². The van der Waals surface area contributed by atoms with Crippen molar-refractivity contribution in [1.29, 1.82) is 0 Å². The Labute approximate surface area is 118 Å². The molecule has 0 aromatic heterocycles. The third-order valence-corrected chi connectivity index (χ3v) is 4.03. The molecule has 4 heteroatoms. The number of carboxylic acid groups (broad SMARTS) is 1. The first kappa shape index (κ1) is 13.3. The molecule has 0 radical (unpaired) electrons. The Bertz CT molecular complexity index is 558. The van der Waals surface area contributed by atoms with Gasteiger partial charge in [0.05, 0.1) is 6.42 Å². The molecular formula is C16H20O4. The van der Waals surface area contributed by atoms with Gasteiger partial charge >= 0.3 is 5.97 Å². The van der Waals surface area contributed by atoms with Gasteiger partial charge < -0.3 is 14.6 Å². The first-order valence-corrected chi connectivity index (χ1v) is 7.10. The van der Waals surface area contributed by atoms with Crippen LogP contribution in [0.25, 0.3) is 0 Å². The number of aliphatic carboxylic acids is 1. The number of rotatable bonds is 4. The van der Waals surface area contributed by atoms with E-state index >= 15 is 0 Å². The molecule has 1 aliphatic heterocycles. The molecule has 1 fully saturated rings. The molecule has 1 heterocycles. The second-order valence-electron chi connectivity index (χ2n) is 6.30. The molecule has 1 aromatic carbocycles. The van der Waals surface area contributed by atoms with E-state index in [0.29, 0.717) is 5.92 Å². The minimum atomic E-state index is -0.737. The van der Waals surface area contributed by atoms with E-state index in [1.54, 1.807) is 0 Å². The van der Waals surface area contributed by atoms with Gasteiger partial charge in [-0.25, -0.2) is 0 Å². The Kier molecular flexibility index (Phi) is 2.92. The average Bonchev–Trinajstić information content (AvgIpc) is 3.08. The quantitative estimate of drug-likeness (QED) is 0.914. The van der Waals surface area contributed by atoms with Crippen LogP contribution in [-0.2, 0) is 4.79 Å². The van der Waals surface area contributed by atoms with Crippen LogP contribution in [0.4, 0.5) is 0 Å². The Morgan fingerprint density at radius 2 is 1.95 bits per heavy atom. The highest BCUT2D eigenvalue weighted by atomic mass is 16.7. The summed E-state index contributed by atoms with van der Waals surface area (Å²) in [5.74, 6) is 0.685. The maximum Gasteiger partial charge on any atom is 0.303 e. The van der Waals surface area contributed by atoms with Gasteiger partial charge in [-0.3, -0.25) is 4.79 Å². The van der Waals surface area contributed by atoms with E-state index < -0.39 is 11.8 Å². The fourth-order valence-electron chi connectivity index (χ4n) is 3.00. The third kappa shape index (κ3) is 2.47. The number of hydrogen-bond acceptors (Lipinski definition) is 3. The minimum absolute atomic E-state index is 0.0881. The molecule has 0 amide bonds. The Hall–Kier alpha value is -1.71. The molecule has 2 aliphatic rings. The van der Waals surface area contributed by atoms with Gasteiger partial charge in [-0.05, 0) is 54.9 Å². The van der Waals surface area contributed by atoms with E-state index in [0.717, 1.165) is 35.5 Å². The maximum atomic E-state index is 11.1. The smallest absolute Gasteiger partial charge is 0.303 e. The number of carboxylic acids is 1. The summed E-state index contributed by atoms with van der Waals surface area (Å²) in [5.41, 5.74) is 2.18. The lowest BCUT2D eigenvalue weighted by molar-refractivity contribution is -0.137. The molecule has 1 saturated carbocycles. The lowest BCUT2D eigenvalue weighted by atomic mass is 9.88. The van der Waals surface area contributed by atoms with Gasteiger partial charge in [0.15, 0.2) is 11.5 Å². The second-order valence-corrected chi connectivity index (χ2v) is 6.30. The van der Waals surface area contributed by atoms with Crippen LogP contribution in [0.1, 0.15) is 50.2 Å². The normalized spacial score (nSPS) is 20.8. The van der Waals surface area contributed by atoms with E-state index in [9.17, 15) is 4.79 Å². The lowest BCUT2D eigenvalue weighted by Gasteiger charge is -2.18. The molecule has 1 aliphatic carbocycles. The van der Waals surface area contributed by atoms with Crippen LogP contribution in [0.3, 0.4) is 0 Å². The van der Waals surface area contributed by atoms with Crippen molar-refractivity contribution >= 4 is 5.97 Å². The zero-order chi connectivity index (χ0) is 14.5. The zero-order valence-corrected chi connectivity index (χ0v) is 12.1. The summed E-state index contributed by atoms with van der Waals surface area (Å²) < 4.78 is 11.5. The number of fused-ring (bicyclic) bond motifs is 1. The largest absolute Gasteiger partial charge is 0.481 e. The first-order chi connectivity index (χ1) is 9.35. The highest BCUT2D eigenvalue weighted by molar-refractivity contribution is 5.68. The predicted octanol–water partition coefficient (Wildman–Crippen LogP) is 3.47. The second kappa shape index (κ2) is 4.40. The fourth-order valence-corrected chi connectivity index (χ4v) is 3.00. The summed E-state index contributed by atoms with van der Waals surface area (Å²) in [4.78, 5) is 11.1. The van der Waals surface area contributed by atoms with Gasteiger partial charge in [0.25, 0.3) is 0 Å². The molecule has 0 saturated heterocycles. The number of benzene rings is 1. The highest BCUT2D eigenvalue weighted by Crippen LogP contribution is 2.49. The predicted molar refractivity (Wildman–Crippen MR) is 74.2 cm³/mol. The van der Waals surface area contributed by atoms with Crippen LogP contribution >= 0.6 is 0 Å². The summed E-state index contributed by atoms with van der Waals surface area (Å²) in [6.45, 7) is 5.76. The topological polar surface area (TPSA) is 55.8 Å². The summed E-state index contributed by atoms with van der Waals surface area (Å²) in [6.07, 6.45) is 2.43. The van der Waals surface area contributed by atoms with E-state index in [2.05, 4.69) is 0 Å². The van der Waals surface area contributed by atoms with Crippen LogP contribution < -0.4 is 9.47 Å². The van der Waals surface area contributed by atoms with Gasteiger partial charge in [-0.2, -0.15) is 0 Å². The number of hydrogen-bond donors (Lipinski definition) is 1. The van der Waals surface area contributed by atoms with Gasteiger partial charge in [-0.1, -0.05) is 0 Å². The molecule has 1 unspecified atom stereocenters. The van der Waals surface area contributed by atoms with Crippen molar-refractivity contribution in [3.63, 3.8) is 0 Å². The summed E-state index contributed by atoms with van der Waals surface area (Å²) in [7, 11) is 0. The van der Waals surface area contributed by atoms with Crippen LogP contribution in [0.15, 0.2) is 12.1 Å². The van der Waals surface area contributed by atoms with Gasteiger partial charge in [0.1, 0.15) is 0 Å².